The molecule has 1 aliphatic heterocycles. The highest BCUT2D eigenvalue weighted by atomic mass is 127. The van der Waals surface area contributed by atoms with Crippen LogP contribution in [0.3, 0.4) is 0 Å². The lowest BCUT2D eigenvalue weighted by Gasteiger charge is -2.34. The molecule has 0 amide bonds. The number of piperazine rings is 1. The number of hydrogen-bond acceptors (Lipinski definition) is 3. The molecule has 1 aromatic carbocycles. The fraction of sp³-hybridized carbons (Fsp3) is 0.708. The molecule has 6 heteroatoms. The first-order valence-electron chi connectivity index (χ1n) is 11.7. The molecule has 1 saturated heterocycles. The third-order valence-electron chi connectivity index (χ3n) is 6.87. The van der Waals surface area contributed by atoms with Gasteiger partial charge in [0, 0.05) is 51.7 Å². The molecule has 0 bridgehead atoms. The summed E-state index contributed by atoms with van der Waals surface area (Å²) in [6.07, 6.45) is 7.64. The molecule has 30 heavy (non-hydrogen) atoms. The van der Waals surface area contributed by atoms with Gasteiger partial charge in [0.05, 0.1) is 0 Å². The monoisotopic (exact) mass is 527 g/mol. The van der Waals surface area contributed by atoms with Crippen LogP contribution in [0.4, 0.5) is 0 Å². The second-order valence-electron chi connectivity index (χ2n) is 8.69. The average molecular weight is 528 g/mol. The Balaban J connectivity index is 0.00000320. The average Bonchev–Trinajstić information content (AvgIpc) is 3.27. The minimum absolute atomic E-state index is 0. The van der Waals surface area contributed by atoms with E-state index in [-0.39, 0.29) is 29.4 Å². The molecular formula is C24H42IN5. The zero-order valence-electron chi connectivity index (χ0n) is 19.0. The summed E-state index contributed by atoms with van der Waals surface area (Å²) in [5.74, 6) is 0.948. The summed E-state index contributed by atoms with van der Waals surface area (Å²) in [6.45, 7) is 11.6. The maximum atomic E-state index is 4.46. The summed E-state index contributed by atoms with van der Waals surface area (Å²) in [6, 6.07) is 11.0. The second-order valence-corrected chi connectivity index (χ2v) is 8.69. The van der Waals surface area contributed by atoms with Crippen molar-refractivity contribution < 1.29 is 0 Å². The summed E-state index contributed by atoms with van der Waals surface area (Å²) in [7, 11) is 1.88. The molecule has 1 heterocycles. The molecule has 0 radical (unpaired) electrons. The number of hydrogen-bond donors (Lipinski definition) is 2. The maximum absolute atomic E-state index is 4.46. The SMILES string of the molecule is CCN1CCN(CCCCNC(=NC)NCC2(c3ccccc3)CCCC2)CC1.I. The quantitative estimate of drug-likeness (QED) is 0.223. The molecule has 0 unspecified atom stereocenters. The molecular weight excluding hydrogens is 485 g/mol. The number of unbranched alkanes of at least 4 members (excludes halogenated alkanes) is 1. The third-order valence-corrected chi connectivity index (χ3v) is 6.87. The minimum atomic E-state index is 0. The van der Waals surface area contributed by atoms with Crippen LogP contribution in [0.1, 0.15) is 51.0 Å². The van der Waals surface area contributed by atoms with Crippen LogP contribution in [0.25, 0.3) is 0 Å². The van der Waals surface area contributed by atoms with Gasteiger partial charge in [0.25, 0.3) is 0 Å². The van der Waals surface area contributed by atoms with E-state index >= 15 is 0 Å². The van der Waals surface area contributed by atoms with Gasteiger partial charge in [-0.05, 0) is 44.3 Å². The number of nitrogens with one attached hydrogen (secondary N) is 2. The Bertz CT molecular complexity index is 607. The van der Waals surface area contributed by atoms with E-state index in [0.717, 1.165) is 19.0 Å². The molecule has 0 spiro atoms. The molecule has 170 valence electrons. The lowest BCUT2D eigenvalue weighted by atomic mass is 9.79. The van der Waals surface area contributed by atoms with Gasteiger partial charge in [-0.3, -0.25) is 4.99 Å². The number of guanidine groups is 1. The van der Waals surface area contributed by atoms with Crippen molar-refractivity contribution in [2.24, 2.45) is 4.99 Å². The van der Waals surface area contributed by atoms with Crippen molar-refractivity contribution in [2.45, 2.75) is 50.9 Å². The summed E-state index contributed by atoms with van der Waals surface area (Å²) in [5.41, 5.74) is 1.74. The Kier molecular flexibility index (Phi) is 11.5. The van der Waals surface area contributed by atoms with Gasteiger partial charge in [-0.2, -0.15) is 0 Å². The number of aliphatic imine (C=N–C) groups is 1. The Morgan fingerprint density at radius 3 is 2.27 bits per heavy atom. The van der Waals surface area contributed by atoms with Crippen molar-refractivity contribution in [3.63, 3.8) is 0 Å². The Morgan fingerprint density at radius 2 is 1.63 bits per heavy atom. The van der Waals surface area contributed by atoms with E-state index in [1.807, 2.05) is 7.05 Å². The molecule has 2 N–H and O–H groups in total. The lowest BCUT2D eigenvalue weighted by Crippen LogP contribution is -2.46. The van der Waals surface area contributed by atoms with Gasteiger partial charge in [0.2, 0.25) is 0 Å². The highest BCUT2D eigenvalue weighted by molar-refractivity contribution is 14.0. The largest absolute Gasteiger partial charge is 0.356 e. The minimum Gasteiger partial charge on any atom is -0.356 e. The van der Waals surface area contributed by atoms with Gasteiger partial charge in [0.1, 0.15) is 0 Å². The first kappa shape index (κ1) is 25.4. The smallest absolute Gasteiger partial charge is 0.191 e. The Hall–Kier alpha value is -0.860. The molecule has 1 saturated carbocycles. The summed E-state index contributed by atoms with van der Waals surface area (Å²) >= 11 is 0. The van der Waals surface area contributed by atoms with Crippen LogP contribution in [-0.2, 0) is 5.41 Å². The molecule has 1 aromatic rings. The maximum Gasteiger partial charge on any atom is 0.191 e. The van der Waals surface area contributed by atoms with Crippen molar-refractivity contribution in [2.75, 3.05) is 59.4 Å². The van der Waals surface area contributed by atoms with Crippen LogP contribution in [0.15, 0.2) is 35.3 Å². The van der Waals surface area contributed by atoms with E-state index in [1.54, 1.807) is 0 Å². The predicted octanol–water partition coefficient (Wildman–Crippen LogP) is 3.70. The number of nitrogens with zero attached hydrogens (tertiary/aromatic N) is 3. The summed E-state index contributed by atoms with van der Waals surface area (Å²) < 4.78 is 0. The van der Waals surface area contributed by atoms with Gasteiger partial charge in [-0.1, -0.05) is 50.1 Å². The van der Waals surface area contributed by atoms with E-state index in [2.05, 4.69) is 62.7 Å². The third kappa shape index (κ3) is 7.38. The number of halogens is 1. The van der Waals surface area contributed by atoms with E-state index in [0.29, 0.717) is 0 Å². The van der Waals surface area contributed by atoms with E-state index in [1.165, 1.54) is 83.4 Å². The molecule has 2 fully saturated rings. The zero-order chi connectivity index (χ0) is 20.4. The molecule has 3 rings (SSSR count). The number of benzene rings is 1. The van der Waals surface area contributed by atoms with Crippen LogP contribution in [0.5, 0.6) is 0 Å². The standard InChI is InChI=1S/C24H41N5.HI/c1-3-28-17-19-29(20-18-28)16-10-9-15-26-23(25-2)27-21-24(13-7-8-14-24)22-11-5-4-6-12-22;/h4-6,11-12H,3,7-10,13-21H2,1-2H3,(H2,25,26,27);1H. The van der Waals surface area contributed by atoms with Gasteiger partial charge < -0.3 is 20.4 Å². The lowest BCUT2D eigenvalue weighted by molar-refractivity contribution is 0.136. The van der Waals surface area contributed by atoms with Crippen LogP contribution >= 0.6 is 24.0 Å². The van der Waals surface area contributed by atoms with Gasteiger partial charge >= 0.3 is 0 Å². The van der Waals surface area contributed by atoms with Gasteiger partial charge in [-0.25, -0.2) is 0 Å². The first-order valence-corrected chi connectivity index (χ1v) is 11.7. The highest BCUT2D eigenvalue weighted by Crippen LogP contribution is 2.40. The van der Waals surface area contributed by atoms with E-state index in [9.17, 15) is 0 Å². The van der Waals surface area contributed by atoms with Gasteiger partial charge in [0.15, 0.2) is 5.96 Å². The van der Waals surface area contributed by atoms with E-state index in [4.69, 9.17) is 0 Å². The van der Waals surface area contributed by atoms with Gasteiger partial charge in [-0.15, -0.1) is 24.0 Å². The van der Waals surface area contributed by atoms with Crippen LogP contribution in [0.2, 0.25) is 0 Å². The Labute approximate surface area is 201 Å². The van der Waals surface area contributed by atoms with Crippen LogP contribution in [-0.4, -0.2) is 75.2 Å². The van der Waals surface area contributed by atoms with Crippen molar-refractivity contribution >= 4 is 29.9 Å². The molecule has 2 aliphatic rings. The van der Waals surface area contributed by atoms with Crippen molar-refractivity contribution in [1.82, 2.24) is 20.4 Å². The first-order chi connectivity index (χ1) is 14.3. The fourth-order valence-corrected chi connectivity index (χ4v) is 4.88. The van der Waals surface area contributed by atoms with Crippen molar-refractivity contribution in [3.8, 4) is 0 Å². The molecule has 0 atom stereocenters. The predicted molar refractivity (Wildman–Crippen MR) is 139 cm³/mol. The summed E-state index contributed by atoms with van der Waals surface area (Å²) in [4.78, 5) is 9.61. The topological polar surface area (TPSA) is 42.9 Å². The van der Waals surface area contributed by atoms with Crippen molar-refractivity contribution in [1.29, 1.82) is 0 Å². The zero-order valence-corrected chi connectivity index (χ0v) is 21.4. The van der Waals surface area contributed by atoms with Crippen molar-refractivity contribution in [3.05, 3.63) is 35.9 Å². The van der Waals surface area contributed by atoms with Crippen LogP contribution in [0, 0.1) is 0 Å². The molecule has 0 aromatic heterocycles. The number of likely N-dealkylation sites (N-methyl/N-ethyl adjacent to an activating group) is 1. The highest BCUT2D eigenvalue weighted by Gasteiger charge is 2.35. The summed E-state index contributed by atoms with van der Waals surface area (Å²) in [5, 5.41) is 7.15. The fourth-order valence-electron chi connectivity index (χ4n) is 4.88. The Morgan fingerprint density at radius 1 is 0.967 bits per heavy atom. The second kappa shape index (κ2) is 13.5. The molecule has 1 aliphatic carbocycles. The number of rotatable bonds is 9. The van der Waals surface area contributed by atoms with Crippen LogP contribution < -0.4 is 10.6 Å². The van der Waals surface area contributed by atoms with E-state index < -0.39 is 0 Å². The normalized spacial score (nSPS) is 20.0. The molecule has 5 nitrogen and oxygen atoms in total.